The van der Waals surface area contributed by atoms with E-state index in [2.05, 4.69) is 20.9 Å². The van der Waals surface area contributed by atoms with Gasteiger partial charge in [0, 0.05) is 37.2 Å². The van der Waals surface area contributed by atoms with Gasteiger partial charge in [-0.2, -0.15) is 0 Å². The Labute approximate surface area is 190 Å². The fourth-order valence-electron chi connectivity index (χ4n) is 5.73. The molecular weight excluding hydrogens is 408 g/mol. The number of nitrogens with one attached hydrogen (secondary N) is 3. The van der Waals surface area contributed by atoms with Crippen LogP contribution in [0.4, 0.5) is 4.79 Å². The van der Waals surface area contributed by atoms with Gasteiger partial charge in [0.1, 0.15) is 6.10 Å². The van der Waals surface area contributed by atoms with Gasteiger partial charge in [-0.15, -0.1) is 0 Å². The van der Waals surface area contributed by atoms with E-state index < -0.39 is 11.9 Å². The summed E-state index contributed by atoms with van der Waals surface area (Å²) >= 11 is 0. The zero-order chi connectivity index (χ0) is 22.4. The van der Waals surface area contributed by atoms with E-state index in [1.165, 1.54) is 0 Å². The zero-order valence-corrected chi connectivity index (χ0v) is 19.1. The molecule has 1 aliphatic carbocycles. The molecule has 8 nitrogen and oxygen atoms in total. The molecule has 1 aromatic heterocycles. The van der Waals surface area contributed by atoms with Gasteiger partial charge in [0.2, 0.25) is 0 Å². The summed E-state index contributed by atoms with van der Waals surface area (Å²) in [5.74, 6) is 0.904. The van der Waals surface area contributed by atoms with Gasteiger partial charge in [0.25, 0.3) is 0 Å². The average Bonchev–Trinajstić information content (AvgIpc) is 2.81. The molecule has 0 amide bonds. The number of carbonyl (C=O) groups is 1. The van der Waals surface area contributed by atoms with E-state index in [1.807, 2.05) is 18.2 Å². The predicted molar refractivity (Wildman–Crippen MR) is 121 cm³/mol. The van der Waals surface area contributed by atoms with Crippen molar-refractivity contribution in [3.8, 4) is 0 Å². The predicted octanol–water partition coefficient (Wildman–Crippen LogP) is 2.28. The van der Waals surface area contributed by atoms with Crippen LogP contribution in [0, 0.1) is 11.8 Å². The standard InChI is InChI=1S/C24H38N4O4/c1-2-31-23(29)32-21-11-13-25-16-20(21)17-6-8-18(9-7-17)28-19-10-14-27-24(30,15-19)22-5-3-4-12-26-22/h3-5,12,17-21,25,27-28,30H,2,6-11,13-16H2,1H3. The Bertz CT molecular complexity index is 728. The molecular formula is C24H38N4O4. The number of piperidine rings is 2. The number of hydrogen-bond donors (Lipinski definition) is 4. The lowest BCUT2D eigenvalue weighted by atomic mass is 9.74. The third-order valence-corrected chi connectivity index (χ3v) is 7.36. The molecule has 0 radical (unpaired) electrons. The molecule has 0 aromatic carbocycles. The summed E-state index contributed by atoms with van der Waals surface area (Å²) in [7, 11) is 0. The van der Waals surface area contributed by atoms with Gasteiger partial charge in [-0.3, -0.25) is 10.3 Å². The summed E-state index contributed by atoms with van der Waals surface area (Å²) in [6.45, 7) is 4.69. The van der Waals surface area contributed by atoms with E-state index in [0.29, 0.717) is 36.6 Å². The van der Waals surface area contributed by atoms with E-state index in [9.17, 15) is 9.90 Å². The molecule has 0 spiro atoms. The smallest absolute Gasteiger partial charge is 0.435 e. The average molecular weight is 447 g/mol. The highest BCUT2D eigenvalue weighted by molar-refractivity contribution is 5.60. The van der Waals surface area contributed by atoms with Gasteiger partial charge >= 0.3 is 6.16 Å². The number of rotatable bonds is 6. The molecule has 3 fully saturated rings. The minimum Gasteiger partial charge on any atom is -0.435 e. The molecule has 3 aliphatic rings. The summed E-state index contributed by atoms with van der Waals surface area (Å²) in [6.07, 6.45) is 8.08. The maximum Gasteiger partial charge on any atom is 0.508 e. The fraction of sp³-hybridized carbons (Fsp3) is 0.750. The lowest BCUT2D eigenvalue weighted by Gasteiger charge is -2.42. The quantitative estimate of drug-likeness (QED) is 0.494. The van der Waals surface area contributed by atoms with E-state index in [0.717, 1.165) is 58.2 Å². The Hall–Kier alpha value is -1.74. The highest BCUT2D eigenvalue weighted by Gasteiger charge is 2.39. The topological polar surface area (TPSA) is 105 Å². The zero-order valence-electron chi connectivity index (χ0n) is 19.1. The van der Waals surface area contributed by atoms with Crippen LogP contribution >= 0.6 is 0 Å². The normalized spacial score (nSPS) is 35.8. The van der Waals surface area contributed by atoms with Crippen molar-refractivity contribution in [2.24, 2.45) is 11.8 Å². The van der Waals surface area contributed by atoms with Crippen LogP contribution in [0.5, 0.6) is 0 Å². The van der Waals surface area contributed by atoms with Crippen LogP contribution in [-0.2, 0) is 15.2 Å². The Morgan fingerprint density at radius 2 is 2.03 bits per heavy atom. The Morgan fingerprint density at radius 3 is 2.78 bits per heavy atom. The van der Waals surface area contributed by atoms with Crippen molar-refractivity contribution in [1.29, 1.82) is 0 Å². The first-order valence-electron chi connectivity index (χ1n) is 12.3. The second kappa shape index (κ2) is 10.9. The number of aromatic nitrogens is 1. The summed E-state index contributed by atoms with van der Waals surface area (Å²) in [4.78, 5) is 16.2. The highest BCUT2D eigenvalue weighted by atomic mass is 16.7. The Morgan fingerprint density at radius 1 is 1.19 bits per heavy atom. The molecule has 178 valence electrons. The first-order chi connectivity index (χ1) is 15.6. The number of carbonyl (C=O) groups excluding carboxylic acids is 1. The molecule has 4 rings (SSSR count). The van der Waals surface area contributed by atoms with E-state index in [4.69, 9.17) is 9.47 Å². The lowest BCUT2D eigenvalue weighted by molar-refractivity contribution is -0.0419. The van der Waals surface area contributed by atoms with Gasteiger partial charge in [-0.05, 0) is 76.6 Å². The third-order valence-electron chi connectivity index (χ3n) is 7.36. The van der Waals surface area contributed by atoms with Gasteiger partial charge in [0.05, 0.1) is 12.3 Å². The first-order valence-corrected chi connectivity index (χ1v) is 12.3. The van der Waals surface area contributed by atoms with Crippen molar-refractivity contribution in [3.63, 3.8) is 0 Å². The third kappa shape index (κ3) is 5.78. The molecule has 4 atom stereocenters. The van der Waals surface area contributed by atoms with Crippen molar-refractivity contribution >= 4 is 6.16 Å². The van der Waals surface area contributed by atoms with Crippen molar-refractivity contribution in [3.05, 3.63) is 30.1 Å². The molecule has 3 heterocycles. The maximum absolute atomic E-state index is 11.9. The molecule has 32 heavy (non-hydrogen) atoms. The number of aliphatic hydroxyl groups is 1. The number of pyridine rings is 1. The van der Waals surface area contributed by atoms with Crippen LogP contribution in [0.1, 0.15) is 57.6 Å². The molecule has 1 aromatic rings. The summed E-state index contributed by atoms with van der Waals surface area (Å²) in [5.41, 5.74) is -0.382. The Kier molecular flexibility index (Phi) is 7.99. The van der Waals surface area contributed by atoms with Crippen molar-refractivity contribution < 1.29 is 19.4 Å². The number of nitrogens with zero attached hydrogens (tertiary/aromatic N) is 1. The van der Waals surface area contributed by atoms with E-state index in [-0.39, 0.29) is 12.1 Å². The fourth-order valence-corrected chi connectivity index (χ4v) is 5.73. The Balaban J connectivity index is 1.27. The summed E-state index contributed by atoms with van der Waals surface area (Å²) in [5, 5.41) is 21.7. The van der Waals surface area contributed by atoms with Crippen molar-refractivity contribution in [2.75, 3.05) is 26.2 Å². The number of hydrogen-bond acceptors (Lipinski definition) is 8. The first kappa shape index (κ1) is 23.4. The van der Waals surface area contributed by atoms with Gasteiger partial charge in [0.15, 0.2) is 5.72 Å². The molecule has 1 saturated carbocycles. The van der Waals surface area contributed by atoms with Crippen LogP contribution in [0.3, 0.4) is 0 Å². The maximum atomic E-state index is 11.9. The molecule has 4 unspecified atom stereocenters. The SMILES string of the molecule is CCOC(=O)OC1CCNCC1C1CCC(NC2CCNC(O)(c3ccccn3)C2)CC1. The highest BCUT2D eigenvalue weighted by Crippen LogP contribution is 2.36. The monoisotopic (exact) mass is 446 g/mol. The van der Waals surface area contributed by atoms with Crippen LogP contribution in [0.2, 0.25) is 0 Å². The van der Waals surface area contributed by atoms with Crippen LogP contribution in [0.15, 0.2) is 24.4 Å². The van der Waals surface area contributed by atoms with Crippen molar-refractivity contribution in [2.45, 2.75) is 75.8 Å². The summed E-state index contributed by atoms with van der Waals surface area (Å²) < 4.78 is 10.7. The van der Waals surface area contributed by atoms with Crippen LogP contribution in [0.25, 0.3) is 0 Å². The second-order valence-electron chi connectivity index (χ2n) is 9.47. The lowest BCUT2D eigenvalue weighted by Crippen LogP contribution is -2.56. The van der Waals surface area contributed by atoms with Gasteiger partial charge in [-0.1, -0.05) is 6.07 Å². The van der Waals surface area contributed by atoms with Gasteiger partial charge < -0.3 is 25.2 Å². The number of ether oxygens (including phenoxy) is 2. The van der Waals surface area contributed by atoms with Crippen LogP contribution in [-0.4, -0.2) is 60.7 Å². The van der Waals surface area contributed by atoms with E-state index in [1.54, 1.807) is 13.1 Å². The molecule has 2 saturated heterocycles. The molecule has 8 heteroatoms. The van der Waals surface area contributed by atoms with E-state index >= 15 is 0 Å². The van der Waals surface area contributed by atoms with Gasteiger partial charge in [-0.25, -0.2) is 4.79 Å². The summed E-state index contributed by atoms with van der Waals surface area (Å²) in [6, 6.07) is 6.39. The molecule has 0 bridgehead atoms. The van der Waals surface area contributed by atoms with Crippen LogP contribution < -0.4 is 16.0 Å². The second-order valence-corrected chi connectivity index (χ2v) is 9.47. The minimum absolute atomic E-state index is 0.0531. The largest absolute Gasteiger partial charge is 0.508 e. The molecule has 2 aliphatic heterocycles. The van der Waals surface area contributed by atoms with Crippen molar-refractivity contribution in [1.82, 2.24) is 20.9 Å². The molecule has 4 N–H and O–H groups in total. The minimum atomic E-state index is -1.07.